The van der Waals surface area contributed by atoms with E-state index >= 15 is 0 Å². The van der Waals surface area contributed by atoms with E-state index in [9.17, 15) is 31.2 Å². The molecule has 4 aliphatic rings. The van der Waals surface area contributed by atoms with E-state index in [0.29, 0.717) is 0 Å². The van der Waals surface area contributed by atoms with Crippen LogP contribution in [0.5, 0.6) is 0 Å². The highest BCUT2D eigenvalue weighted by Gasteiger charge is 2.73. The number of fused-ring (bicyclic) bond motifs is 1. The number of rotatable bonds is 7. The lowest BCUT2D eigenvalue weighted by molar-refractivity contribution is -0.226. The van der Waals surface area contributed by atoms with E-state index in [-0.39, 0.29) is 26.2 Å². The van der Waals surface area contributed by atoms with Crippen LogP contribution in [-0.4, -0.2) is 83.0 Å². The van der Waals surface area contributed by atoms with E-state index in [1.165, 1.54) is 4.90 Å². The summed E-state index contributed by atoms with van der Waals surface area (Å²) in [6.45, 7) is 5.35. The van der Waals surface area contributed by atoms with Gasteiger partial charge in [-0.25, -0.2) is 9.59 Å². The van der Waals surface area contributed by atoms with Gasteiger partial charge >= 0.3 is 27.9 Å². The molecule has 0 unspecified atom stereocenters. The van der Waals surface area contributed by atoms with Gasteiger partial charge in [-0.2, -0.15) is 21.6 Å². The Morgan fingerprint density at radius 2 is 1.79 bits per heavy atom. The molecule has 11 nitrogen and oxygen atoms in total. The molecule has 3 heterocycles. The largest absolute Gasteiger partial charge is 0.534 e. The van der Waals surface area contributed by atoms with E-state index in [1.54, 1.807) is 6.92 Å². The topological polar surface area (TPSA) is 127 Å². The maximum absolute atomic E-state index is 12.8. The van der Waals surface area contributed by atoms with Crippen molar-refractivity contribution in [2.75, 3.05) is 34.0 Å². The second-order valence-electron chi connectivity index (χ2n) is 7.82. The van der Waals surface area contributed by atoms with Crippen molar-refractivity contribution in [3.05, 3.63) is 12.3 Å². The molecular weight excluding hydrogens is 479 g/mol. The molecule has 0 N–H and O–H groups in total. The molecule has 0 aromatic carbocycles. The summed E-state index contributed by atoms with van der Waals surface area (Å²) < 4.78 is 91.4. The maximum atomic E-state index is 12.8. The molecule has 5 atom stereocenters. The minimum Gasteiger partial charge on any atom is -0.453 e. The van der Waals surface area contributed by atoms with Crippen LogP contribution >= 0.6 is 0 Å². The molecular formula is C18H24F3NO10S. The first-order chi connectivity index (χ1) is 15.3. The molecule has 0 spiro atoms. The van der Waals surface area contributed by atoms with Gasteiger partial charge in [-0.05, 0) is 6.92 Å². The van der Waals surface area contributed by atoms with Gasteiger partial charge in [0.2, 0.25) is 0 Å². The smallest absolute Gasteiger partial charge is 0.453 e. The maximum Gasteiger partial charge on any atom is 0.534 e. The first-order valence-corrected chi connectivity index (χ1v) is 11.2. The second-order valence-corrected chi connectivity index (χ2v) is 9.36. The number of hydrogen-bond acceptors (Lipinski definition) is 10. The van der Waals surface area contributed by atoms with Gasteiger partial charge in [0.15, 0.2) is 5.79 Å². The third-order valence-corrected chi connectivity index (χ3v) is 7.21. The molecule has 15 heteroatoms. The summed E-state index contributed by atoms with van der Waals surface area (Å²) in [4.78, 5) is 25.2. The summed E-state index contributed by atoms with van der Waals surface area (Å²) in [5.41, 5.74) is -5.66. The molecule has 1 aliphatic carbocycles. The predicted molar refractivity (Wildman–Crippen MR) is 101 cm³/mol. The van der Waals surface area contributed by atoms with Crippen LogP contribution < -0.4 is 0 Å². The number of amides is 1. The molecule has 4 rings (SSSR count). The number of halogens is 3. The monoisotopic (exact) mass is 503 g/mol. The quantitative estimate of drug-likeness (QED) is 0.220. The third kappa shape index (κ3) is 4.33. The minimum absolute atomic E-state index is 0.0494. The Labute approximate surface area is 187 Å². The molecule has 33 heavy (non-hydrogen) atoms. The number of hydrogen-bond donors (Lipinski definition) is 0. The number of ether oxygens (including phenoxy) is 5. The van der Waals surface area contributed by atoms with Crippen LogP contribution in [0.1, 0.15) is 13.3 Å². The van der Waals surface area contributed by atoms with Gasteiger partial charge in [-0.3, -0.25) is 0 Å². The Kier molecular flexibility index (Phi) is 6.79. The lowest BCUT2D eigenvalue weighted by Crippen LogP contribution is -2.60. The minimum atomic E-state index is -5.96. The molecule has 0 radical (unpaired) electrons. The highest BCUT2D eigenvalue weighted by Crippen LogP contribution is 2.63. The second kappa shape index (κ2) is 8.83. The van der Waals surface area contributed by atoms with Crippen molar-refractivity contribution >= 4 is 22.4 Å². The zero-order chi connectivity index (χ0) is 24.8. The fourth-order valence-corrected chi connectivity index (χ4v) is 5.52. The summed E-state index contributed by atoms with van der Waals surface area (Å²) in [5.74, 6) is -4.13. The predicted octanol–water partition coefficient (Wildman–Crippen LogP) is 1.98. The summed E-state index contributed by atoms with van der Waals surface area (Å²) >= 11 is 0. The van der Waals surface area contributed by atoms with Crippen LogP contribution in [0.3, 0.4) is 0 Å². The summed E-state index contributed by atoms with van der Waals surface area (Å²) in [6.07, 6.45) is -1.73. The van der Waals surface area contributed by atoms with Crippen molar-refractivity contribution in [3.63, 3.8) is 0 Å². The Morgan fingerprint density at radius 1 is 1.18 bits per heavy atom. The molecule has 0 aromatic rings. The van der Waals surface area contributed by atoms with Crippen molar-refractivity contribution < 1.29 is 59.0 Å². The van der Waals surface area contributed by atoms with Gasteiger partial charge < -0.3 is 32.8 Å². The number of nitrogens with zero attached hydrogens (tertiary/aromatic N) is 1. The zero-order valence-electron chi connectivity index (χ0n) is 18.0. The van der Waals surface area contributed by atoms with Crippen molar-refractivity contribution in [3.8, 4) is 0 Å². The average molecular weight is 503 g/mol. The van der Waals surface area contributed by atoms with Gasteiger partial charge in [0.1, 0.15) is 5.76 Å². The van der Waals surface area contributed by atoms with Crippen molar-refractivity contribution in [2.24, 2.45) is 17.8 Å². The standard InChI is InChI=1S/C18H24F3NO10S/c1-9(32-33(25,26)18(19,20)21)11-12-10(5-6-29-16(24)28-4)22(15(23)27-3)14(11)13(12)17(2)30-7-8-31-17/h10-14H,1,5-8H2,2-4H3/t10-,11+,12-,13-,14+/m1/s1. The highest BCUT2D eigenvalue weighted by molar-refractivity contribution is 7.87. The van der Waals surface area contributed by atoms with E-state index in [4.69, 9.17) is 18.9 Å². The van der Waals surface area contributed by atoms with E-state index in [2.05, 4.69) is 15.5 Å². The fourth-order valence-electron chi connectivity index (χ4n) is 5.04. The van der Waals surface area contributed by atoms with E-state index < -0.39 is 69.3 Å². The van der Waals surface area contributed by atoms with Crippen molar-refractivity contribution in [1.82, 2.24) is 4.90 Å². The summed E-state index contributed by atoms with van der Waals surface area (Å²) in [6, 6.07) is -1.63. The third-order valence-electron chi connectivity index (χ3n) is 6.21. The fraction of sp³-hybridized carbons (Fsp3) is 0.778. The van der Waals surface area contributed by atoms with Crippen LogP contribution in [0.15, 0.2) is 12.3 Å². The lowest BCUT2D eigenvalue weighted by atomic mass is 9.59. The summed E-state index contributed by atoms with van der Waals surface area (Å²) in [5, 5.41) is 0. The van der Waals surface area contributed by atoms with Gasteiger partial charge in [-0.1, -0.05) is 6.58 Å². The Bertz CT molecular complexity index is 902. The van der Waals surface area contributed by atoms with Crippen molar-refractivity contribution in [1.29, 1.82) is 0 Å². The SMILES string of the molecule is C=C(OS(=O)(=O)C(F)(F)F)[C@H]1[C@@H]2[C@@H](C3(C)OCCO3)[C@H]1N(C(=O)OC)[C@@H]2CCOC(=O)OC. The molecule has 188 valence electrons. The molecule has 1 saturated carbocycles. The van der Waals surface area contributed by atoms with Crippen LogP contribution in [-0.2, 0) is 38.0 Å². The molecule has 1 amide bonds. The first kappa shape index (κ1) is 25.4. The molecule has 2 bridgehead atoms. The van der Waals surface area contributed by atoms with Crippen LogP contribution in [0.2, 0.25) is 0 Å². The van der Waals surface area contributed by atoms with E-state index in [0.717, 1.165) is 14.2 Å². The Morgan fingerprint density at radius 3 is 2.30 bits per heavy atom. The number of methoxy groups -OCH3 is 2. The molecule has 0 aromatic heterocycles. The normalized spacial score (nSPS) is 30.4. The molecule has 3 saturated heterocycles. The zero-order valence-corrected chi connectivity index (χ0v) is 18.8. The van der Waals surface area contributed by atoms with Crippen LogP contribution in [0.25, 0.3) is 0 Å². The van der Waals surface area contributed by atoms with Crippen LogP contribution in [0, 0.1) is 17.8 Å². The Hall–Kier alpha value is -2.26. The highest BCUT2D eigenvalue weighted by atomic mass is 32.2. The van der Waals surface area contributed by atoms with Gasteiger partial charge in [0, 0.05) is 30.2 Å². The molecule has 4 fully saturated rings. The van der Waals surface area contributed by atoms with E-state index in [1.807, 2.05) is 0 Å². The number of carbonyl (C=O) groups excluding carboxylic acids is 2. The lowest BCUT2D eigenvalue weighted by Gasteiger charge is -2.50. The van der Waals surface area contributed by atoms with Crippen molar-refractivity contribution in [2.45, 2.75) is 36.7 Å². The number of carbonyl (C=O) groups is 2. The molecule has 3 aliphatic heterocycles. The van der Waals surface area contributed by atoms with Gasteiger partial charge in [-0.15, -0.1) is 0 Å². The van der Waals surface area contributed by atoms with Gasteiger partial charge in [0.05, 0.1) is 40.1 Å². The number of alkyl halides is 3. The van der Waals surface area contributed by atoms with Gasteiger partial charge in [0.25, 0.3) is 0 Å². The Balaban J connectivity index is 1.92. The summed E-state index contributed by atoms with van der Waals surface area (Å²) in [7, 11) is -3.73. The first-order valence-electron chi connectivity index (χ1n) is 9.83. The van der Waals surface area contributed by atoms with Crippen LogP contribution in [0.4, 0.5) is 22.8 Å². The average Bonchev–Trinajstić information content (AvgIpc) is 3.37.